The van der Waals surface area contributed by atoms with Crippen molar-refractivity contribution in [3.8, 4) is 5.69 Å². The van der Waals surface area contributed by atoms with Crippen LogP contribution in [0, 0.1) is 11.6 Å². The molecule has 0 aliphatic rings. The van der Waals surface area contributed by atoms with Crippen molar-refractivity contribution in [2.75, 3.05) is 0 Å². The summed E-state index contributed by atoms with van der Waals surface area (Å²) < 4.78 is 28.7. The highest BCUT2D eigenvalue weighted by Crippen LogP contribution is 2.26. The molecular weight excluding hydrogens is 346 g/mol. The zero-order chi connectivity index (χ0) is 15.1. The molecule has 0 saturated carbocycles. The van der Waals surface area contributed by atoms with Crippen molar-refractivity contribution in [2.24, 2.45) is 0 Å². The fourth-order valence-corrected chi connectivity index (χ4v) is 2.43. The van der Waals surface area contributed by atoms with Gasteiger partial charge in [0.1, 0.15) is 23.5 Å². The van der Waals surface area contributed by atoms with Gasteiger partial charge in [-0.25, -0.2) is 18.6 Å². The Kier molecular flexibility index (Phi) is 3.21. The summed E-state index contributed by atoms with van der Waals surface area (Å²) in [4.78, 5) is 15.2. The second kappa shape index (κ2) is 4.92. The number of para-hydroxylation sites is 1. The van der Waals surface area contributed by atoms with Crippen LogP contribution in [0.4, 0.5) is 8.78 Å². The van der Waals surface area contributed by atoms with Gasteiger partial charge in [0.2, 0.25) is 0 Å². The van der Waals surface area contributed by atoms with Gasteiger partial charge in [-0.05, 0) is 34.1 Å². The number of benzene rings is 2. The summed E-state index contributed by atoms with van der Waals surface area (Å²) >= 11 is 3.00. The molecule has 0 radical (unpaired) electrons. The van der Waals surface area contributed by atoms with E-state index in [1.165, 1.54) is 23.0 Å². The van der Waals surface area contributed by atoms with Crippen LogP contribution in [0.5, 0.6) is 0 Å². The minimum absolute atomic E-state index is 0.0211. The van der Waals surface area contributed by atoms with Crippen molar-refractivity contribution < 1.29 is 18.7 Å². The number of hydrogen-bond donors (Lipinski definition) is 1. The number of fused-ring (bicyclic) bond motifs is 1. The van der Waals surface area contributed by atoms with E-state index in [0.29, 0.717) is 5.52 Å². The Labute approximate surface area is 125 Å². The fraction of sp³-hybridized carbons (Fsp3) is 0. The number of aromatic nitrogens is 2. The molecule has 0 saturated heterocycles. The standard InChI is InChI=1S/C14H7BrF2N2O2/c15-8-4-12(10(17)5-9(8)16)19-6-18-13-7(14(20)21)2-1-3-11(13)19/h1-6H,(H,20,21). The van der Waals surface area contributed by atoms with Crippen molar-refractivity contribution in [2.45, 2.75) is 0 Å². The van der Waals surface area contributed by atoms with Gasteiger partial charge >= 0.3 is 5.97 Å². The van der Waals surface area contributed by atoms with Crippen LogP contribution in [0.25, 0.3) is 16.7 Å². The minimum atomic E-state index is -1.12. The topological polar surface area (TPSA) is 55.1 Å². The fourth-order valence-electron chi connectivity index (χ4n) is 2.10. The SMILES string of the molecule is O=C(O)c1cccc2c1ncn2-c1cc(Br)c(F)cc1F. The highest BCUT2D eigenvalue weighted by Gasteiger charge is 2.16. The van der Waals surface area contributed by atoms with Crippen molar-refractivity contribution in [3.05, 3.63) is 58.3 Å². The molecule has 0 aliphatic carbocycles. The molecule has 0 spiro atoms. The molecule has 0 fully saturated rings. The largest absolute Gasteiger partial charge is 0.478 e. The Morgan fingerprint density at radius 3 is 2.71 bits per heavy atom. The van der Waals surface area contributed by atoms with Gasteiger partial charge in [-0.3, -0.25) is 4.57 Å². The molecule has 0 aliphatic heterocycles. The lowest BCUT2D eigenvalue weighted by atomic mass is 10.2. The molecule has 3 rings (SSSR count). The van der Waals surface area contributed by atoms with Crippen molar-refractivity contribution >= 4 is 32.9 Å². The van der Waals surface area contributed by atoms with Crippen molar-refractivity contribution in [1.29, 1.82) is 0 Å². The van der Waals surface area contributed by atoms with E-state index in [1.807, 2.05) is 0 Å². The first-order valence-electron chi connectivity index (χ1n) is 5.83. The van der Waals surface area contributed by atoms with Crippen LogP contribution in [0.15, 0.2) is 41.1 Å². The lowest BCUT2D eigenvalue weighted by Crippen LogP contribution is -2.00. The van der Waals surface area contributed by atoms with E-state index >= 15 is 0 Å². The number of carbonyl (C=O) groups is 1. The molecule has 2 aromatic carbocycles. The molecule has 1 heterocycles. The van der Waals surface area contributed by atoms with Crippen LogP contribution in [0.3, 0.4) is 0 Å². The Morgan fingerprint density at radius 2 is 2.00 bits per heavy atom. The van der Waals surface area contributed by atoms with Gasteiger partial charge in [-0.1, -0.05) is 6.07 Å². The van der Waals surface area contributed by atoms with Gasteiger partial charge in [0, 0.05) is 6.07 Å². The predicted molar refractivity (Wildman–Crippen MR) is 75.6 cm³/mol. The van der Waals surface area contributed by atoms with Gasteiger partial charge in [0.25, 0.3) is 0 Å². The van der Waals surface area contributed by atoms with Gasteiger partial charge in [0.15, 0.2) is 0 Å². The summed E-state index contributed by atoms with van der Waals surface area (Å²) in [5.74, 6) is -2.60. The maximum Gasteiger partial charge on any atom is 0.337 e. The first kappa shape index (κ1) is 13.7. The van der Waals surface area contributed by atoms with Gasteiger partial charge in [-0.2, -0.15) is 0 Å². The minimum Gasteiger partial charge on any atom is -0.478 e. The number of halogens is 3. The highest BCUT2D eigenvalue weighted by atomic mass is 79.9. The Hall–Kier alpha value is -2.28. The quantitative estimate of drug-likeness (QED) is 0.714. The highest BCUT2D eigenvalue weighted by molar-refractivity contribution is 9.10. The third-order valence-corrected chi connectivity index (χ3v) is 3.66. The molecule has 0 bridgehead atoms. The molecule has 106 valence electrons. The molecule has 1 N–H and O–H groups in total. The second-order valence-corrected chi connectivity index (χ2v) is 5.17. The van der Waals surface area contributed by atoms with Crippen LogP contribution >= 0.6 is 15.9 Å². The zero-order valence-electron chi connectivity index (χ0n) is 10.3. The Bertz CT molecular complexity index is 877. The van der Waals surface area contributed by atoms with E-state index in [2.05, 4.69) is 20.9 Å². The first-order chi connectivity index (χ1) is 9.99. The predicted octanol–water partition coefficient (Wildman–Crippen LogP) is 3.76. The maximum absolute atomic E-state index is 14.0. The lowest BCUT2D eigenvalue weighted by Gasteiger charge is -2.07. The van der Waals surface area contributed by atoms with Crippen LogP contribution in [0.1, 0.15) is 10.4 Å². The molecule has 0 amide bonds. The van der Waals surface area contributed by atoms with E-state index in [9.17, 15) is 13.6 Å². The van der Waals surface area contributed by atoms with Crippen molar-refractivity contribution in [1.82, 2.24) is 9.55 Å². The average Bonchev–Trinajstić information content (AvgIpc) is 2.86. The van der Waals surface area contributed by atoms with Crippen LogP contribution in [-0.2, 0) is 0 Å². The van der Waals surface area contributed by atoms with E-state index in [-0.39, 0.29) is 21.2 Å². The molecular formula is C14H7BrF2N2O2. The third kappa shape index (κ3) is 2.19. The van der Waals surface area contributed by atoms with E-state index in [1.54, 1.807) is 12.1 Å². The van der Waals surface area contributed by atoms with Crippen LogP contribution in [0.2, 0.25) is 0 Å². The summed E-state index contributed by atoms with van der Waals surface area (Å²) in [6, 6.07) is 6.61. The zero-order valence-corrected chi connectivity index (χ0v) is 11.9. The average molecular weight is 353 g/mol. The number of aromatic carboxylic acids is 1. The van der Waals surface area contributed by atoms with Gasteiger partial charge in [-0.15, -0.1) is 0 Å². The number of rotatable bonds is 2. The normalized spacial score (nSPS) is 11.0. The molecule has 3 aromatic rings. The number of carboxylic acids is 1. The molecule has 0 atom stereocenters. The molecule has 4 nitrogen and oxygen atoms in total. The number of imidazole rings is 1. The molecule has 7 heteroatoms. The Morgan fingerprint density at radius 1 is 1.24 bits per heavy atom. The molecule has 21 heavy (non-hydrogen) atoms. The van der Waals surface area contributed by atoms with Crippen molar-refractivity contribution in [3.63, 3.8) is 0 Å². The Balaban J connectivity index is 2.30. The van der Waals surface area contributed by atoms with Crippen LogP contribution < -0.4 is 0 Å². The monoisotopic (exact) mass is 352 g/mol. The number of carboxylic acid groups (broad SMARTS) is 1. The maximum atomic E-state index is 14.0. The number of hydrogen-bond acceptors (Lipinski definition) is 2. The smallest absolute Gasteiger partial charge is 0.337 e. The van der Waals surface area contributed by atoms with E-state index in [4.69, 9.17) is 5.11 Å². The summed E-state index contributed by atoms with van der Waals surface area (Å²) in [6.45, 7) is 0. The van der Waals surface area contributed by atoms with Gasteiger partial charge < -0.3 is 5.11 Å². The second-order valence-electron chi connectivity index (χ2n) is 4.31. The van der Waals surface area contributed by atoms with E-state index < -0.39 is 17.6 Å². The van der Waals surface area contributed by atoms with Crippen LogP contribution in [-0.4, -0.2) is 20.6 Å². The summed E-state index contributed by atoms with van der Waals surface area (Å²) in [5, 5.41) is 9.12. The molecule has 1 aromatic heterocycles. The third-order valence-electron chi connectivity index (χ3n) is 3.06. The first-order valence-corrected chi connectivity index (χ1v) is 6.62. The summed E-state index contributed by atoms with van der Waals surface area (Å²) in [6.07, 6.45) is 1.31. The number of nitrogens with zero attached hydrogens (tertiary/aromatic N) is 2. The summed E-state index contributed by atoms with van der Waals surface area (Å²) in [5.41, 5.74) is 0.762. The van der Waals surface area contributed by atoms with E-state index in [0.717, 1.165) is 6.07 Å². The molecule has 0 unspecified atom stereocenters. The summed E-state index contributed by atoms with van der Waals surface area (Å²) in [7, 11) is 0. The lowest BCUT2D eigenvalue weighted by molar-refractivity contribution is 0.0699. The van der Waals surface area contributed by atoms with Gasteiger partial charge in [0.05, 0.1) is 21.2 Å².